The summed E-state index contributed by atoms with van der Waals surface area (Å²) in [5.74, 6) is 2.05. The van der Waals surface area contributed by atoms with Crippen molar-refractivity contribution in [1.29, 1.82) is 0 Å². The van der Waals surface area contributed by atoms with E-state index in [2.05, 4.69) is 25.7 Å². The molecule has 2 aromatic heterocycles. The SMILES string of the molecule is CCOc1ccc(/C=N\NC(=O)CSc2nnc(-c3cccnc3)n2-c2ccc(OCC)cc2)cc1. The number of nitrogens with zero attached hydrogens (tertiary/aromatic N) is 5. The molecule has 1 amide bonds. The minimum atomic E-state index is -0.258. The lowest BCUT2D eigenvalue weighted by Gasteiger charge is -2.11. The van der Waals surface area contributed by atoms with Gasteiger partial charge in [-0.05, 0) is 80.1 Å². The summed E-state index contributed by atoms with van der Waals surface area (Å²) in [6.45, 7) is 5.07. The zero-order valence-corrected chi connectivity index (χ0v) is 20.8. The molecule has 0 saturated carbocycles. The van der Waals surface area contributed by atoms with E-state index >= 15 is 0 Å². The maximum atomic E-state index is 12.4. The molecule has 4 aromatic rings. The van der Waals surface area contributed by atoms with Gasteiger partial charge in [-0.3, -0.25) is 14.3 Å². The highest BCUT2D eigenvalue weighted by Crippen LogP contribution is 2.28. The molecule has 0 atom stereocenters. The number of rotatable bonds is 11. The molecule has 0 saturated heterocycles. The van der Waals surface area contributed by atoms with Crippen LogP contribution in [0.5, 0.6) is 11.5 Å². The highest BCUT2D eigenvalue weighted by molar-refractivity contribution is 7.99. The Kier molecular flexibility index (Phi) is 8.66. The van der Waals surface area contributed by atoms with Gasteiger partial charge >= 0.3 is 0 Å². The second-order valence-corrected chi connectivity index (χ2v) is 8.34. The number of aromatic nitrogens is 4. The van der Waals surface area contributed by atoms with Crippen molar-refractivity contribution < 1.29 is 14.3 Å². The molecule has 36 heavy (non-hydrogen) atoms. The van der Waals surface area contributed by atoms with Crippen molar-refractivity contribution in [2.45, 2.75) is 19.0 Å². The first kappa shape index (κ1) is 24.9. The topological polar surface area (TPSA) is 104 Å². The number of benzene rings is 2. The number of hydrazone groups is 1. The van der Waals surface area contributed by atoms with Crippen LogP contribution in [0.1, 0.15) is 19.4 Å². The van der Waals surface area contributed by atoms with Crippen LogP contribution < -0.4 is 14.9 Å². The number of hydrogen-bond donors (Lipinski definition) is 1. The first-order valence-corrected chi connectivity index (χ1v) is 12.4. The molecular weight excluding hydrogens is 476 g/mol. The number of pyridine rings is 1. The first-order chi connectivity index (χ1) is 17.7. The number of carbonyl (C=O) groups is 1. The Morgan fingerprint density at radius 1 is 1.00 bits per heavy atom. The molecule has 10 heteroatoms. The second kappa shape index (κ2) is 12.5. The molecular formula is C26H26N6O3S. The Hall–Kier alpha value is -4.18. The maximum absolute atomic E-state index is 12.4. The molecule has 4 rings (SSSR count). The Balaban J connectivity index is 1.45. The normalized spacial score (nSPS) is 10.9. The van der Waals surface area contributed by atoms with E-state index in [4.69, 9.17) is 9.47 Å². The molecule has 2 aromatic carbocycles. The standard InChI is InChI=1S/C26H26N6O3S/c1-3-34-22-11-7-19(8-12-22)16-28-29-24(33)18-36-26-31-30-25(20-6-5-15-27-17-20)32(26)21-9-13-23(14-10-21)35-4-2/h5-17H,3-4,18H2,1-2H3,(H,29,33)/b28-16-. The van der Waals surface area contributed by atoms with Gasteiger partial charge in [0, 0.05) is 23.6 Å². The Labute approximate surface area is 213 Å². The molecule has 1 N–H and O–H groups in total. The third kappa shape index (κ3) is 6.48. The summed E-state index contributed by atoms with van der Waals surface area (Å²) in [6.07, 6.45) is 5.02. The van der Waals surface area contributed by atoms with E-state index in [1.54, 1.807) is 18.6 Å². The van der Waals surface area contributed by atoms with E-state index < -0.39 is 0 Å². The Morgan fingerprint density at radius 2 is 1.69 bits per heavy atom. The summed E-state index contributed by atoms with van der Waals surface area (Å²) in [5.41, 5.74) is 5.07. The molecule has 0 spiro atoms. The predicted molar refractivity (Wildman–Crippen MR) is 140 cm³/mol. The van der Waals surface area contributed by atoms with Crippen molar-refractivity contribution in [2.24, 2.45) is 5.10 Å². The number of carbonyl (C=O) groups excluding carboxylic acids is 1. The van der Waals surface area contributed by atoms with E-state index in [9.17, 15) is 4.79 Å². The summed E-state index contributed by atoms with van der Waals surface area (Å²) < 4.78 is 12.9. The molecule has 9 nitrogen and oxygen atoms in total. The van der Waals surface area contributed by atoms with Crippen LogP contribution in [0.4, 0.5) is 0 Å². The summed E-state index contributed by atoms with van der Waals surface area (Å²) in [5, 5.41) is 13.3. The molecule has 0 bridgehead atoms. The monoisotopic (exact) mass is 502 g/mol. The van der Waals surface area contributed by atoms with Crippen LogP contribution in [-0.4, -0.2) is 50.8 Å². The summed E-state index contributed by atoms with van der Waals surface area (Å²) in [4.78, 5) is 16.6. The predicted octanol–water partition coefficient (Wildman–Crippen LogP) is 4.37. The van der Waals surface area contributed by atoms with Gasteiger partial charge in [0.2, 0.25) is 0 Å². The van der Waals surface area contributed by atoms with Crippen molar-refractivity contribution in [1.82, 2.24) is 25.2 Å². The van der Waals surface area contributed by atoms with Crippen LogP contribution in [0, 0.1) is 0 Å². The maximum Gasteiger partial charge on any atom is 0.250 e. The van der Waals surface area contributed by atoms with Crippen LogP contribution in [-0.2, 0) is 4.79 Å². The van der Waals surface area contributed by atoms with Crippen molar-refractivity contribution in [3.05, 3.63) is 78.6 Å². The van der Waals surface area contributed by atoms with E-state index in [0.717, 1.165) is 28.3 Å². The van der Waals surface area contributed by atoms with Gasteiger partial charge in [-0.2, -0.15) is 5.10 Å². The highest BCUT2D eigenvalue weighted by atomic mass is 32.2. The quantitative estimate of drug-likeness (QED) is 0.185. The van der Waals surface area contributed by atoms with Crippen molar-refractivity contribution in [3.63, 3.8) is 0 Å². The largest absolute Gasteiger partial charge is 0.494 e. The molecule has 0 unspecified atom stereocenters. The molecule has 184 valence electrons. The van der Waals surface area contributed by atoms with Crippen molar-refractivity contribution in [3.8, 4) is 28.6 Å². The molecule has 0 aliphatic carbocycles. The van der Waals surface area contributed by atoms with Gasteiger partial charge in [0.25, 0.3) is 5.91 Å². The average molecular weight is 503 g/mol. The van der Waals surface area contributed by atoms with E-state index in [-0.39, 0.29) is 11.7 Å². The lowest BCUT2D eigenvalue weighted by molar-refractivity contribution is -0.118. The Morgan fingerprint density at radius 3 is 2.33 bits per heavy atom. The van der Waals surface area contributed by atoms with Gasteiger partial charge in [0.15, 0.2) is 11.0 Å². The molecule has 0 radical (unpaired) electrons. The molecule has 0 aliphatic rings. The van der Waals surface area contributed by atoms with Crippen LogP contribution in [0.3, 0.4) is 0 Å². The van der Waals surface area contributed by atoms with Crippen LogP contribution in [0.15, 0.2) is 83.3 Å². The number of ether oxygens (including phenoxy) is 2. The number of hydrogen-bond acceptors (Lipinski definition) is 8. The van der Waals surface area contributed by atoms with E-state index in [1.807, 2.05) is 79.1 Å². The van der Waals surface area contributed by atoms with Crippen LogP contribution >= 0.6 is 11.8 Å². The summed E-state index contributed by atoms with van der Waals surface area (Å²) in [6, 6.07) is 18.9. The van der Waals surface area contributed by atoms with Gasteiger partial charge in [-0.1, -0.05) is 11.8 Å². The fraction of sp³-hybridized carbons (Fsp3) is 0.192. The lowest BCUT2D eigenvalue weighted by Crippen LogP contribution is -2.20. The van der Waals surface area contributed by atoms with Crippen LogP contribution in [0.2, 0.25) is 0 Å². The second-order valence-electron chi connectivity index (χ2n) is 7.39. The molecule has 2 heterocycles. The number of thioether (sulfide) groups is 1. The van der Waals surface area contributed by atoms with Crippen molar-refractivity contribution in [2.75, 3.05) is 19.0 Å². The van der Waals surface area contributed by atoms with Gasteiger partial charge in [0.05, 0.1) is 25.2 Å². The summed E-state index contributed by atoms with van der Waals surface area (Å²) >= 11 is 1.27. The zero-order chi connectivity index (χ0) is 25.2. The van der Waals surface area contributed by atoms with Gasteiger partial charge in [-0.15, -0.1) is 10.2 Å². The number of amides is 1. The Bertz CT molecular complexity index is 1290. The number of nitrogens with one attached hydrogen (secondary N) is 1. The molecule has 0 aliphatic heterocycles. The van der Waals surface area contributed by atoms with Gasteiger partial charge in [-0.25, -0.2) is 5.43 Å². The smallest absolute Gasteiger partial charge is 0.250 e. The third-order valence-electron chi connectivity index (χ3n) is 4.89. The van der Waals surface area contributed by atoms with E-state index in [0.29, 0.717) is 24.2 Å². The third-order valence-corrected chi connectivity index (χ3v) is 5.81. The fourth-order valence-electron chi connectivity index (χ4n) is 3.29. The van der Waals surface area contributed by atoms with Gasteiger partial charge in [0.1, 0.15) is 11.5 Å². The lowest BCUT2D eigenvalue weighted by atomic mass is 10.2. The van der Waals surface area contributed by atoms with Gasteiger partial charge < -0.3 is 9.47 Å². The first-order valence-electron chi connectivity index (χ1n) is 11.4. The summed E-state index contributed by atoms with van der Waals surface area (Å²) in [7, 11) is 0. The average Bonchev–Trinajstić information content (AvgIpc) is 3.34. The fourth-order valence-corrected chi connectivity index (χ4v) is 4.04. The minimum Gasteiger partial charge on any atom is -0.494 e. The van der Waals surface area contributed by atoms with E-state index in [1.165, 1.54) is 11.8 Å². The molecule has 0 fully saturated rings. The van der Waals surface area contributed by atoms with Crippen LogP contribution in [0.25, 0.3) is 17.1 Å². The zero-order valence-electron chi connectivity index (χ0n) is 20.0. The highest BCUT2D eigenvalue weighted by Gasteiger charge is 2.17. The van der Waals surface area contributed by atoms with Crippen molar-refractivity contribution >= 4 is 23.9 Å². The minimum absolute atomic E-state index is 0.114.